The predicted molar refractivity (Wildman–Crippen MR) is 80.1 cm³/mol. The van der Waals surface area contributed by atoms with Crippen LogP contribution < -0.4 is 4.90 Å². The van der Waals surface area contributed by atoms with E-state index in [-0.39, 0.29) is 0 Å². The fraction of sp³-hybridized carbons (Fsp3) is 0.500. The second-order valence-electron chi connectivity index (χ2n) is 4.98. The maximum Gasteiger partial charge on any atom is 0.206 e. The number of aromatic nitrogens is 2. The molecule has 0 radical (unpaired) electrons. The predicted octanol–water partition coefficient (Wildman–Crippen LogP) is 1.93. The van der Waals surface area contributed by atoms with E-state index in [0.29, 0.717) is 5.88 Å². The van der Waals surface area contributed by atoms with E-state index in [2.05, 4.69) is 39.6 Å². The number of fused-ring (bicyclic) bond motifs is 1. The van der Waals surface area contributed by atoms with Crippen molar-refractivity contribution in [3.63, 3.8) is 0 Å². The maximum absolute atomic E-state index is 5.80. The highest BCUT2D eigenvalue weighted by Gasteiger charge is 2.20. The number of anilines is 1. The van der Waals surface area contributed by atoms with Gasteiger partial charge in [-0.15, -0.1) is 11.6 Å². The van der Waals surface area contributed by atoms with Crippen molar-refractivity contribution in [1.29, 1.82) is 0 Å². The molecule has 0 amide bonds. The van der Waals surface area contributed by atoms with Gasteiger partial charge in [0.25, 0.3) is 0 Å². The van der Waals surface area contributed by atoms with Crippen molar-refractivity contribution in [2.24, 2.45) is 7.05 Å². The van der Waals surface area contributed by atoms with Crippen molar-refractivity contribution in [3.05, 3.63) is 24.3 Å². The molecule has 0 unspecified atom stereocenters. The summed E-state index contributed by atoms with van der Waals surface area (Å²) in [6.07, 6.45) is 0. The number of benzene rings is 1. The molecule has 1 aromatic heterocycles. The van der Waals surface area contributed by atoms with Gasteiger partial charge in [0, 0.05) is 45.7 Å². The lowest BCUT2D eigenvalue weighted by Gasteiger charge is -2.34. The molecule has 1 aliphatic heterocycles. The quantitative estimate of drug-likeness (QED) is 0.802. The van der Waals surface area contributed by atoms with Crippen LogP contribution >= 0.6 is 11.6 Å². The summed E-state index contributed by atoms with van der Waals surface area (Å²) in [5.74, 6) is 1.79. The number of piperazine rings is 1. The second-order valence-corrected chi connectivity index (χ2v) is 5.36. The van der Waals surface area contributed by atoms with Gasteiger partial charge in [0.1, 0.15) is 0 Å². The van der Waals surface area contributed by atoms with E-state index in [0.717, 1.165) is 44.2 Å². The number of para-hydroxylation sites is 2. The zero-order chi connectivity index (χ0) is 13.2. The Morgan fingerprint density at radius 2 is 1.89 bits per heavy atom. The normalized spacial score (nSPS) is 17.3. The number of hydrogen-bond donors (Lipinski definition) is 0. The number of aryl methyl sites for hydroxylation is 1. The Morgan fingerprint density at radius 1 is 1.16 bits per heavy atom. The van der Waals surface area contributed by atoms with Gasteiger partial charge in [-0.3, -0.25) is 4.90 Å². The van der Waals surface area contributed by atoms with Gasteiger partial charge < -0.3 is 9.47 Å². The van der Waals surface area contributed by atoms with Gasteiger partial charge >= 0.3 is 0 Å². The molecule has 0 bridgehead atoms. The van der Waals surface area contributed by atoms with Gasteiger partial charge in [-0.1, -0.05) is 12.1 Å². The molecule has 19 heavy (non-hydrogen) atoms. The summed E-state index contributed by atoms with van der Waals surface area (Å²) in [6.45, 7) is 5.16. The van der Waals surface area contributed by atoms with Crippen LogP contribution in [0.2, 0.25) is 0 Å². The first kappa shape index (κ1) is 12.8. The van der Waals surface area contributed by atoms with Gasteiger partial charge in [-0.25, -0.2) is 4.98 Å². The topological polar surface area (TPSA) is 24.3 Å². The Labute approximate surface area is 118 Å². The van der Waals surface area contributed by atoms with Crippen molar-refractivity contribution in [3.8, 4) is 0 Å². The Balaban J connectivity index is 1.80. The van der Waals surface area contributed by atoms with Gasteiger partial charge in [0.2, 0.25) is 5.95 Å². The maximum atomic E-state index is 5.80. The van der Waals surface area contributed by atoms with Crippen molar-refractivity contribution in [1.82, 2.24) is 14.5 Å². The Bertz CT molecular complexity index is 558. The molecule has 102 valence electrons. The van der Waals surface area contributed by atoms with Crippen LogP contribution in [0.3, 0.4) is 0 Å². The highest BCUT2D eigenvalue weighted by Crippen LogP contribution is 2.21. The molecule has 0 saturated carbocycles. The number of nitrogens with zero attached hydrogens (tertiary/aromatic N) is 4. The summed E-state index contributed by atoms with van der Waals surface area (Å²) in [4.78, 5) is 9.53. The first-order valence-electron chi connectivity index (χ1n) is 6.74. The zero-order valence-electron chi connectivity index (χ0n) is 11.2. The first-order chi connectivity index (χ1) is 9.29. The lowest BCUT2D eigenvalue weighted by Crippen LogP contribution is -2.47. The number of halogens is 1. The van der Waals surface area contributed by atoms with Gasteiger partial charge in [-0.05, 0) is 12.1 Å². The summed E-state index contributed by atoms with van der Waals surface area (Å²) >= 11 is 5.80. The average molecular weight is 279 g/mol. The van der Waals surface area contributed by atoms with Crippen molar-refractivity contribution < 1.29 is 0 Å². The van der Waals surface area contributed by atoms with E-state index in [4.69, 9.17) is 16.6 Å². The van der Waals surface area contributed by atoms with Crippen molar-refractivity contribution >= 4 is 28.6 Å². The van der Waals surface area contributed by atoms with Crippen LogP contribution in [0.15, 0.2) is 24.3 Å². The minimum Gasteiger partial charge on any atom is -0.340 e. The molecule has 2 heterocycles. The number of imidazole rings is 1. The molecular formula is C14H19ClN4. The fourth-order valence-electron chi connectivity index (χ4n) is 2.71. The molecule has 1 saturated heterocycles. The molecule has 3 rings (SSSR count). The van der Waals surface area contributed by atoms with Crippen LogP contribution in [0.25, 0.3) is 11.0 Å². The molecule has 4 nitrogen and oxygen atoms in total. The molecule has 1 aromatic carbocycles. The molecular weight excluding hydrogens is 260 g/mol. The summed E-state index contributed by atoms with van der Waals surface area (Å²) in [7, 11) is 2.09. The van der Waals surface area contributed by atoms with E-state index in [1.807, 2.05) is 6.07 Å². The largest absolute Gasteiger partial charge is 0.340 e. The lowest BCUT2D eigenvalue weighted by atomic mass is 10.3. The molecule has 0 aliphatic carbocycles. The molecule has 2 aromatic rings. The fourth-order valence-corrected chi connectivity index (χ4v) is 2.95. The summed E-state index contributed by atoms with van der Waals surface area (Å²) < 4.78 is 2.19. The minimum atomic E-state index is 0.715. The van der Waals surface area contributed by atoms with Crippen LogP contribution in [-0.4, -0.2) is 53.1 Å². The first-order valence-corrected chi connectivity index (χ1v) is 7.28. The van der Waals surface area contributed by atoms with E-state index < -0.39 is 0 Å². The zero-order valence-corrected chi connectivity index (χ0v) is 12.0. The van der Waals surface area contributed by atoms with E-state index in [1.165, 1.54) is 5.52 Å². The van der Waals surface area contributed by atoms with Crippen molar-refractivity contribution in [2.75, 3.05) is 43.5 Å². The standard InChI is InChI=1S/C14H19ClN4/c1-17-13-5-3-2-4-12(13)16-14(17)19-10-8-18(7-6-15)9-11-19/h2-5H,6-11H2,1H3. The molecule has 0 atom stereocenters. The molecule has 0 spiro atoms. The van der Waals surface area contributed by atoms with E-state index >= 15 is 0 Å². The minimum absolute atomic E-state index is 0.715. The second kappa shape index (κ2) is 5.39. The van der Waals surface area contributed by atoms with Crippen LogP contribution in [-0.2, 0) is 7.05 Å². The Hall–Kier alpha value is -1.26. The van der Waals surface area contributed by atoms with E-state index in [9.17, 15) is 0 Å². The van der Waals surface area contributed by atoms with Crippen LogP contribution in [0.5, 0.6) is 0 Å². The van der Waals surface area contributed by atoms with Gasteiger partial charge in [0.15, 0.2) is 0 Å². The van der Waals surface area contributed by atoms with Gasteiger partial charge in [-0.2, -0.15) is 0 Å². The Kier molecular flexibility index (Phi) is 3.62. The van der Waals surface area contributed by atoms with Crippen LogP contribution in [0.4, 0.5) is 5.95 Å². The summed E-state index contributed by atoms with van der Waals surface area (Å²) in [6, 6.07) is 8.29. The summed E-state index contributed by atoms with van der Waals surface area (Å²) in [5, 5.41) is 0. The lowest BCUT2D eigenvalue weighted by molar-refractivity contribution is 0.271. The highest BCUT2D eigenvalue weighted by atomic mass is 35.5. The SMILES string of the molecule is Cn1c(N2CCN(CCCl)CC2)nc2ccccc21. The number of rotatable bonds is 3. The third-order valence-electron chi connectivity index (χ3n) is 3.82. The van der Waals surface area contributed by atoms with Gasteiger partial charge in [0.05, 0.1) is 11.0 Å². The smallest absolute Gasteiger partial charge is 0.206 e. The molecule has 0 N–H and O–H groups in total. The average Bonchev–Trinajstić information content (AvgIpc) is 2.78. The van der Waals surface area contributed by atoms with Crippen LogP contribution in [0.1, 0.15) is 0 Å². The highest BCUT2D eigenvalue weighted by molar-refractivity contribution is 6.18. The monoisotopic (exact) mass is 278 g/mol. The number of hydrogen-bond acceptors (Lipinski definition) is 3. The van der Waals surface area contributed by atoms with Crippen molar-refractivity contribution in [2.45, 2.75) is 0 Å². The van der Waals surface area contributed by atoms with E-state index in [1.54, 1.807) is 0 Å². The van der Waals surface area contributed by atoms with Crippen LogP contribution in [0, 0.1) is 0 Å². The third kappa shape index (κ3) is 2.42. The molecule has 1 aliphatic rings. The molecule has 5 heteroatoms. The summed E-state index contributed by atoms with van der Waals surface area (Å²) in [5.41, 5.74) is 2.27. The Morgan fingerprint density at radius 3 is 2.58 bits per heavy atom. The third-order valence-corrected chi connectivity index (χ3v) is 3.99. The molecule has 1 fully saturated rings. The number of alkyl halides is 1.